The third kappa shape index (κ3) is 6.67. The molecule has 97 valence electrons. The van der Waals surface area contributed by atoms with Crippen LogP contribution in [0.3, 0.4) is 0 Å². The molecule has 0 N–H and O–H groups in total. The van der Waals surface area contributed by atoms with Crippen molar-refractivity contribution in [2.45, 2.75) is 66.5 Å². The van der Waals surface area contributed by atoms with Crippen LogP contribution in [0.1, 0.15) is 55.4 Å². The summed E-state index contributed by atoms with van der Waals surface area (Å²) < 4.78 is 0. The average Bonchev–Trinajstić information content (AvgIpc) is 1.96. The highest BCUT2D eigenvalue weighted by molar-refractivity contribution is 6.09. The zero-order valence-corrected chi connectivity index (χ0v) is 13.7. The molecule has 0 aliphatic rings. The van der Waals surface area contributed by atoms with E-state index in [1.165, 1.54) is 5.70 Å². The lowest BCUT2D eigenvalue weighted by Crippen LogP contribution is -2.40. The molecule has 0 saturated carbocycles. The van der Waals surface area contributed by atoms with Crippen LogP contribution in [0.25, 0.3) is 0 Å². The van der Waals surface area contributed by atoms with E-state index in [-0.39, 0.29) is 11.1 Å². The van der Waals surface area contributed by atoms with Crippen molar-refractivity contribution < 1.29 is 0 Å². The fraction of sp³-hybridized carbons (Fsp3) is 0.786. The summed E-state index contributed by atoms with van der Waals surface area (Å²) in [6, 6.07) is 0. The fourth-order valence-corrected chi connectivity index (χ4v) is 2.56. The van der Waals surface area contributed by atoms with Crippen LogP contribution in [0, 0.1) is 0 Å². The normalized spacial score (nSPS) is 15.1. The fourth-order valence-electron chi connectivity index (χ4n) is 1.83. The molecule has 0 rings (SSSR count). The maximum Gasteiger partial charge on any atom is 0.0527 e. The second kappa shape index (κ2) is 5.85. The quantitative estimate of drug-likeness (QED) is 0.554. The van der Waals surface area contributed by atoms with Gasteiger partial charge in [-0.3, -0.25) is 4.99 Å². The molecule has 0 aromatic heterocycles. The molecular formula is C14H27N2Si. The highest BCUT2D eigenvalue weighted by Crippen LogP contribution is 2.18. The summed E-state index contributed by atoms with van der Waals surface area (Å²) in [7, 11) is 3.60. The minimum atomic E-state index is -0.0125. The first-order valence-corrected chi connectivity index (χ1v) is 6.85. The second-order valence-corrected chi connectivity index (χ2v) is 6.78. The summed E-state index contributed by atoms with van der Waals surface area (Å²) in [6.07, 6.45) is 2.98. The Morgan fingerprint density at radius 3 is 1.88 bits per heavy atom. The molecule has 0 aromatic carbocycles. The van der Waals surface area contributed by atoms with E-state index >= 15 is 0 Å². The molecule has 0 spiro atoms. The van der Waals surface area contributed by atoms with Gasteiger partial charge >= 0.3 is 0 Å². The molecule has 0 bridgehead atoms. The topological polar surface area (TPSA) is 15.6 Å². The molecule has 0 aliphatic heterocycles. The van der Waals surface area contributed by atoms with Crippen molar-refractivity contribution in [3.8, 4) is 0 Å². The first kappa shape index (κ1) is 16.4. The molecule has 0 atom stereocenters. The van der Waals surface area contributed by atoms with Gasteiger partial charge in [0, 0.05) is 23.1 Å². The molecule has 0 aromatic rings. The molecule has 0 unspecified atom stereocenters. The van der Waals surface area contributed by atoms with Crippen molar-refractivity contribution in [3.05, 3.63) is 11.8 Å². The Morgan fingerprint density at radius 2 is 1.59 bits per heavy atom. The lowest BCUT2D eigenvalue weighted by molar-refractivity contribution is 0.216. The Hall–Kier alpha value is -0.573. The monoisotopic (exact) mass is 251 g/mol. The predicted molar refractivity (Wildman–Crippen MR) is 78.8 cm³/mol. The van der Waals surface area contributed by atoms with Crippen LogP contribution in [0.5, 0.6) is 0 Å². The van der Waals surface area contributed by atoms with Gasteiger partial charge in [-0.1, -0.05) is 0 Å². The van der Waals surface area contributed by atoms with Gasteiger partial charge in [0.2, 0.25) is 0 Å². The van der Waals surface area contributed by atoms with Crippen molar-refractivity contribution in [3.63, 3.8) is 0 Å². The largest absolute Gasteiger partial charge is 0.374 e. The van der Waals surface area contributed by atoms with Crippen LogP contribution >= 0.6 is 0 Å². The van der Waals surface area contributed by atoms with Crippen LogP contribution in [0.4, 0.5) is 0 Å². The summed E-state index contributed by atoms with van der Waals surface area (Å²) in [5.74, 6) is 0. The summed E-state index contributed by atoms with van der Waals surface area (Å²) in [6.45, 7) is 17.2. The standard InChI is InChI=1S/C14H27N2Si/c1-11(15-13(3,4)5)9-12(2)16(10-17)14(6,7)8/h9H,10H2,1-8H3/b12-9-,15-11?. The average molecular weight is 251 g/mol. The third-order valence-electron chi connectivity index (χ3n) is 2.32. The van der Waals surface area contributed by atoms with E-state index < -0.39 is 0 Å². The highest BCUT2D eigenvalue weighted by Gasteiger charge is 2.19. The van der Waals surface area contributed by atoms with E-state index in [1.807, 2.05) is 0 Å². The number of nitrogens with zero attached hydrogens (tertiary/aromatic N) is 2. The van der Waals surface area contributed by atoms with Crippen LogP contribution in [-0.2, 0) is 0 Å². The van der Waals surface area contributed by atoms with Crippen molar-refractivity contribution in [1.82, 2.24) is 4.90 Å². The molecule has 3 heteroatoms. The van der Waals surface area contributed by atoms with E-state index in [2.05, 4.69) is 81.6 Å². The molecule has 17 heavy (non-hydrogen) atoms. The molecule has 0 amide bonds. The van der Waals surface area contributed by atoms with Gasteiger partial charge in [-0.15, -0.1) is 0 Å². The van der Waals surface area contributed by atoms with Gasteiger partial charge in [0.1, 0.15) is 0 Å². The second-order valence-electron chi connectivity index (χ2n) is 6.47. The van der Waals surface area contributed by atoms with Crippen molar-refractivity contribution in [2.24, 2.45) is 4.99 Å². The maximum absolute atomic E-state index is 4.65. The molecule has 0 heterocycles. The van der Waals surface area contributed by atoms with E-state index in [1.54, 1.807) is 0 Å². The molecule has 0 fully saturated rings. The van der Waals surface area contributed by atoms with Gasteiger partial charge in [0.05, 0.1) is 15.8 Å². The Balaban J connectivity index is 5.03. The van der Waals surface area contributed by atoms with E-state index in [9.17, 15) is 0 Å². The summed E-state index contributed by atoms with van der Waals surface area (Å²) >= 11 is 0. The van der Waals surface area contributed by atoms with Crippen LogP contribution < -0.4 is 0 Å². The molecule has 3 radical (unpaired) electrons. The van der Waals surface area contributed by atoms with Gasteiger partial charge in [0.15, 0.2) is 0 Å². The predicted octanol–water partition coefficient (Wildman–Crippen LogP) is 3.38. The van der Waals surface area contributed by atoms with Crippen LogP contribution in [-0.4, -0.2) is 38.1 Å². The first-order chi connectivity index (χ1) is 7.47. The number of allylic oxidation sites excluding steroid dienone is 2. The van der Waals surface area contributed by atoms with Gasteiger partial charge < -0.3 is 4.90 Å². The Morgan fingerprint density at radius 1 is 1.12 bits per heavy atom. The SMILES string of the molecule is CC(/C=C(/C)N(C[Si])C(C)(C)C)=NC(C)(C)C. The third-order valence-corrected chi connectivity index (χ3v) is 2.64. The Kier molecular flexibility index (Phi) is 5.65. The lowest BCUT2D eigenvalue weighted by atomic mass is 10.1. The minimum Gasteiger partial charge on any atom is -0.374 e. The highest BCUT2D eigenvalue weighted by atomic mass is 28.1. The number of hydrogen-bond acceptors (Lipinski definition) is 2. The smallest absolute Gasteiger partial charge is 0.0527 e. The van der Waals surface area contributed by atoms with Crippen molar-refractivity contribution in [2.75, 3.05) is 6.17 Å². The number of rotatable bonds is 3. The minimum absolute atomic E-state index is 0.0125. The van der Waals surface area contributed by atoms with Crippen molar-refractivity contribution in [1.29, 1.82) is 0 Å². The number of aliphatic imine (C=N–C) groups is 1. The number of hydrogen-bond donors (Lipinski definition) is 0. The van der Waals surface area contributed by atoms with Gasteiger partial charge in [-0.05, 0) is 61.5 Å². The van der Waals surface area contributed by atoms with Gasteiger partial charge in [-0.25, -0.2) is 0 Å². The van der Waals surface area contributed by atoms with E-state index in [4.69, 9.17) is 0 Å². The Labute approximate surface area is 111 Å². The summed E-state index contributed by atoms with van der Waals surface area (Å²) in [5.41, 5.74) is 2.41. The van der Waals surface area contributed by atoms with Crippen LogP contribution in [0.15, 0.2) is 16.8 Å². The maximum atomic E-state index is 4.65. The van der Waals surface area contributed by atoms with Crippen molar-refractivity contribution >= 4 is 16.0 Å². The first-order valence-electron chi connectivity index (χ1n) is 6.14. The lowest BCUT2D eigenvalue weighted by Gasteiger charge is -2.37. The summed E-state index contributed by atoms with van der Waals surface area (Å²) in [4.78, 5) is 6.96. The van der Waals surface area contributed by atoms with Gasteiger partial charge in [0.25, 0.3) is 0 Å². The molecule has 0 saturated heterocycles. The molecular weight excluding hydrogens is 224 g/mol. The van der Waals surface area contributed by atoms with E-state index in [0.29, 0.717) is 0 Å². The van der Waals surface area contributed by atoms with Gasteiger partial charge in [-0.2, -0.15) is 0 Å². The van der Waals surface area contributed by atoms with Crippen LogP contribution in [0.2, 0.25) is 0 Å². The van der Waals surface area contributed by atoms with E-state index in [0.717, 1.165) is 11.9 Å². The zero-order chi connectivity index (χ0) is 13.9. The summed E-state index contributed by atoms with van der Waals surface area (Å²) in [5, 5.41) is 0. The molecule has 2 nitrogen and oxygen atoms in total. The zero-order valence-electron chi connectivity index (χ0n) is 12.7. The Bertz CT molecular complexity index is 303. The molecule has 0 aliphatic carbocycles.